The molecule has 30 heavy (non-hydrogen) atoms. The van der Waals surface area contributed by atoms with E-state index in [9.17, 15) is 4.79 Å². The van der Waals surface area contributed by atoms with Crippen LogP contribution in [-0.4, -0.2) is 39.3 Å². The third kappa shape index (κ3) is 5.26. The Morgan fingerprint density at radius 1 is 0.800 bits per heavy atom. The van der Waals surface area contributed by atoms with Crippen LogP contribution in [0.2, 0.25) is 0 Å². The molecule has 0 aliphatic rings. The Morgan fingerprint density at radius 3 is 1.60 bits per heavy atom. The second kappa shape index (κ2) is 9.27. The number of hydrogen-bond donors (Lipinski definition) is 1. The first kappa shape index (κ1) is 21.1. The number of anilines is 2. The van der Waals surface area contributed by atoms with Gasteiger partial charge in [0.25, 0.3) is 0 Å². The molecule has 0 unspecified atom stereocenters. The van der Waals surface area contributed by atoms with Crippen LogP contribution in [0.3, 0.4) is 0 Å². The lowest BCUT2D eigenvalue weighted by atomic mass is 9.95. The van der Waals surface area contributed by atoms with Crippen molar-refractivity contribution in [1.82, 2.24) is 0 Å². The summed E-state index contributed by atoms with van der Waals surface area (Å²) in [6.45, 7) is -0.0468. The van der Waals surface area contributed by atoms with Gasteiger partial charge in [0.15, 0.2) is 12.4 Å². The molecule has 0 fully saturated rings. The number of carbonyl (C=O) groups is 1. The quantitative estimate of drug-likeness (QED) is 0.611. The zero-order valence-electron chi connectivity index (χ0n) is 17.9. The summed E-state index contributed by atoms with van der Waals surface area (Å²) in [5.41, 5.74) is 6.67. The van der Waals surface area contributed by atoms with Gasteiger partial charge in [-0.25, -0.2) is 4.79 Å². The Labute approximate surface area is 178 Å². The second-order valence-corrected chi connectivity index (χ2v) is 7.64. The first-order valence-corrected chi connectivity index (χ1v) is 9.81. The highest BCUT2D eigenvalue weighted by molar-refractivity contribution is 5.92. The maximum Gasteiger partial charge on any atom is 0.370 e. The number of hydrogen-bond acceptors (Lipinski definition) is 3. The number of carboxylic acids is 1. The first-order valence-electron chi connectivity index (χ1n) is 9.81. The van der Waals surface area contributed by atoms with E-state index in [-0.39, 0.29) is 6.54 Å². The van der Waals surface area contributed by atoms with Crippen LogP contribution >= 0.6 is 0 Å². The number of aliphatic carboxylic acids is 1. The third-order valence-corrected chi connectivity index (χ3v) is 4.94. The molecule has 0 aliphatic carbocycles. The molecule has 3 rings (SSSR count). The number of rotatable bonds is 7. The fourth-order valence-corrected chi connectivity index (χ4v) is 3.20. The van der Waals surface area contributed by atoms with Crippen LogP contribution in [0.15, 0.2) is 73.1 Å². The minimum atomic E-state index is -0.856. The van der Waals surface area contributed by atoms with Crippen molar-refractivity contribution in [3.63, 3.8) is 0 Å². The van der Waals surface area contributed by atoms with Crippen molar-refractivity contribution >= 4 is 29.0 Å². The van der Waals surface area contributed by atoms with E-state index in [1.54, 1.807) is 17.0 Å². The van der Waals surface area contributed by atoms with Crippen LogP contribution in [0.25, 0.3) is 11.6 Å². The predicted molar refractivity (Wildman–Crippen MR) is 123 cm³/mol. The first-order chi connectivity index (χ1) is 14.3. The van der Waals surface area contributed by atoms with E-state index in [0.717, 1.165) is 33.6 Å². The van der Waals surface area contributed by atoms with E-state index in [1.807, 2.05) is 40.3 Å². The highest BCUT2D eigenvalue weighted by atomic mass is 16.4. The van der Waals surface area contributed by atoms with Gasteiger partial charge in [-0.05, 0) is 52.6 Å². The Balaban J connectivity index is 2.02. The normalized spacial score (nSPS) is 10.4. The smallest absolute Gasteiger partial charge is 0.370 e. The van der Waals surface area contributed by atoms with Crippen molar-refractivity contribution in [3.05, 3.63) is 89.7 Å². The van der Waals surface area contributed by atoms with Crippen molar-refractivity contribution in [2.75, 3.05) is 38.0 Å². The average Bonchev–Trinajstić information content (AvgIpc) is 2.73. The molecule has 0 amide bonds. The number of carboxylic acid groups (broad SMARTS) is 1. The largest absolute Gasteiger partial charge is 0.477 e. The van der Waals surface area contributed by atoms with Gasteiger partial charge >= 0.3 is 5.97 Å². The molecule has 1 aromatic heterocycles. The van der Waals surface area contributed by atoms with Crippen LogP contribution in [0.5, 0.6) is 0 Å². The summed E-state index contributed by atoms with van der Waals surface area (Å²) in [4.78, 5) is 15.1. The molecular formula is C25H28N3O2+. The van der Waals surface area contributed by atoms with Gasteiger partial charge in [-0.1, -0.05) is 24.3 Å². The second-order valence-electron chi connectivity index (χ2n) is 7.64. The Morgan fingerprint density at radius 2 is 1.23 bits per heavy atom. The molecule has 5 heteroatoms. The van der Waals surface area contributed by atoms with Crippen molar-refractivity contribution in [1.29, 1.82) is 0 Å². The van der Waals surface area contributed by atoms with E-state index >= 15 is 0 Å². The van der Waals surface area contributed by atoms with Gasteiger partial charge in [0.1, 0.15) is 0 Å². The molecule has 1 heterocycles. The number of benzene rings is 2. The van der Waals surface area contributed by atoms with Crippen LogP contribution in [0, 0.1) is 0 Å². The van der Waals surface area contributed by atoms with E-state index in [4.69, 9.17) is 5.11 Å². The molecular weight excluding hydrogens is 374 g/mol. The number of aromatic nitrogens is 1. The molecule has 0 aliphatic heterocycles. The fraction of sp³-hybridized carbons (Fsp3) is 0.200. The van der Waals surface area contributed by atoms with Gasteiger partial charge in [-0.3, -0.25) is 0 Å². The van der Waals surface area contributed by atoms with Crippen LogP contribution < -0.4 is 14.4 Å². The Bertz CT molecular complexity index is 966. The van der Waals surface area contributed by atoms with E-state index in [0.29, 0.717) is 0 Å². The lowest BCUT2D eigenvalue weighted by Crippen LogP contribution is -2.36. The van der Waals surface area contributed by atoms with Gasteiger partial charge < -0.3 is 14.9 Å². The zero-order valence-corrected chi connectivity index (χ0v) is 17.9. The lowest BCUT2D eigenvalue weighted by molar-refractivity contribution is -0.685. The molecule has 0 spiro atoms. The highest BCUT2D eigenvalue weighted by Gasteiger charge is 2.10. The van der Waals surface area contributed by atoms with Crippen molar-refractivity contribution in [3.8, 4) is 0 Å². The predicted octanol–water partition coefficient (Wildman–Crippen LogP) is 3.78. The van der Waals surface area contributed by atoms with Gasteiger partial charge in [0, 0.05) is 51.7 Å². The molecule has 5 nitrogen and oxygen atoms in total. The monoisotopic (exact) mass is 402 g/mol. The summed E-state index contributed by atoms with van der Waals surface area (Å²) in [7, 11) is 8.12. The van der Waals surface area contributed by atoms with Crippen molar-refractivity contribution in [2.24, 2.45) is 0 Å². The summed E-state index contributed by atoms with van der Waals surface area (Å²) >= 11 is 0. The van der Waals surface area contributed by atoms with E-state index < -0.39 is 5.97 Å². The van der Waals surface area contributed by atoms with Gasteiger partial charge in [-0.15, -0.1) is 0 Å². The van der Waals surface area contributed by atoms with Crippen LogP contribution in [0.4, 0.5) is 11.4 Å². The summed E-state index contributed by atoms with van der Waals surface area (Å²) in [6.07, 6.45) is 5.73. The summed E-state index contributed by atoms with van der Waals surface area (Å²) in [6, 6.07) is 20.9. The maximum absolute atomic E-state index is 10.9. The van der Waals surface area contributed by atoms with Gasteiger partial charge in [0.05, 0.1) is 0 Å². The zero-order chi connectivity index (χ0) is 21.7. The molecule has 0 atom stereocenters. The Hall–Kier alpha value is -3.60. The average molecular weight is 403 g/mol. The molecule has 0 saturated carbocycles. The van der Waals surface area contributed by atoms with Crippen molar-refractivity contribution in [2.45, 2.75) is 6.54 Å². The standard InChI is InChI=1S/C25H27N3O2/c1-26(2)22-9-5-20(6-10-22)24(21-7-11-23(12-8-21)27(3)4)17-19-13-15-28(16-14-19)18-25(29)30/h5-17H,18H2,1-4H3/p+1. The molecule has 3 aromatic rings. The number of pyridine rings is 1. The third-order valence-electron chi connectivity index (χ3n) is 4.94. The van der Waals surface area contributed by atoms with Crippen LogP contribution in [0.1, 0.15) is 16.7 Å². The maximum atomic E-state index is 10.9. The molecule has 0 bridgehead atoms. The van der Waals surface area contributed by atoms with Crippen LogP contribution in [-0.2, 0) is 11.3 Å². The highest BCUT2D eigenvalue weighted by Crippen LogP contribution is 2.29. The van der Waals surface area contributed by atoms with E-state index in [1.165, 1.54) is 0 Å². The minimum Gasteiger partial charge on any atom is -0.477 e. The molecule has 2 aromatic carbocycles. The summed E-state index contributed by atoms with van der Waals surface area (Å²) < 4.78 is 1.65. The SMILES string of the molecule is CN(C)c1ccc(C(=Cc2cc[n+](CC(=O)O)cc2)c2ccc(N(C)C)cc2)cc1. The topological polar surface area (TPSA) is 47.7 Å². The Kier molecular flexibility index (Phi) is 6.52. The molecule has 0 radical (unpaired) electrons. The van der Waals surface area contributed by atoms with Gasteiger partial charge in [0.2, 0.25) is 6.54 Å². The summed E-state index contributed by atoms with van der Waals surface area (Å²) in [5.74, 6) is -0.856. The molecule has 0 saturated heterocycles. The molecule has 154 valence electrons. The van der Waals surface area contributed by atoms with Gasteiger partial charge in [-0.2, -0.15) is 4.57 Å². The lowest BCUT2D eigenvalue weighted by Gasteiger charge is -2.16. The van der Waals surface area contributed by atoms with Crippen molar-refractivity contribution < 1.29 is 14.5 Å². The summed E-state index contributed by atoms with van der Waals surface area (Å²) in [5, 5.41) is 8.96. The fourth-order valence-electron chi connectivity index (χ4n) is 3.20. The molecule has 1 N–H and O–H groups in total. The number of nitrogens with zero attached hydrogens (tertiary/aromatic N) is 3. The minimum absolute atomic E-state index is 0.0468. The van der Waals surface area contributed by atoms with E-state index in [2.05, 4.69) is 64.4 Å².